The van der Waals surface area contributed by atoms with Crippen LogP contribution in [0.15, 0.2) is 24.3 Å². The molecule has 0 fully saturated rings. The lowest BCUT2D eigenvalue weighted by molar-refractivity contribution is -0.145. The minimum atomic E-state index is -1.03. The van der Waals surface area contributed by atoms with Crippen molar-refractivity contribution < 1.29 is 19.1 Å². The van der Waals surface area contributed by atoms with Gasteiger partial charge in [0.15, 0.2) is 0 Å². The first kappa shape index (κ1) is 15.1. The molecule has 0 radical (unpaired) electrons. The highest BCUT2D eigenvalue weighted by Gasteiger charge is 2.19. The number of benzene rings is 1. The van der Waals surface area contributed by atoms with E-state index in [0.29, 0.717) is 12.8 Å². The Hall–Kier alpha value is -1.91. The largest absolute Gasteiger partial charge is 0.480 e. The molecule has 0 aliphatic heterocycles. The molecular weight excluding hydrogens is 249 g/mol. The summed E-state index contributed by atoms with van der Waals surface area (Å²) in [5.41, 5.74) is 0.834. The number of carbonyl (C=O) groups excluding carboxylic acids is 1. The van der Waals surface area contributed by atoms with Crippen molar-refractivity contribution in [1.29, 1.82) is 0 Å². The van der Waals surface area contributed by atoms with Crippen molar-refractivity contribution in [2.45, 2.75) is 19.8 Å². The number of hydrogen-bond acceptors (Lipinski definition) is 2. The Balaban J connectivity index is 2.48. The Labute approximate surface area is 111 Å². The van der Waals surface area contributed by atoms with Gasteiger partial charge in [0.25, 0.3) is 0 Å². The maximum Gasteiger partial charge on any atom is 0.323 e. The van der Waals surface area contributed by atoms with Crippen LogP contribution < -0.4 is 0 Å². The van der Waals surface area contributed by atoms with Gasteiger partial charge >= 0.3 is 5.97 Å². The fourth-order valence-corrected chi connectivity index (χ4v) is 1.86. The van der Waals surface area contributed by atoms with Crippen LogP contribution in [0.25, 0.3) is 0 Å². The Kier molecular flexibility index (Phi) is 5.48. The van der Waals surface area contributed by atoms with Gasteiger partial charge in [-0.1, -0.05) is 19.1 Å². The molecule has 0 aromatic heterocycles. The van der Waals surface area contributed by atoms with Crippen LogP contribution in [0.3, 0.4) is 0 Å². The number of carbonyl (C=O) groups is 2. The summed E-state index contributed by atoms with van der Waals surface area (Å²) in [5, 5.41) is 8.62. The zero-order valence-electron chi connectivity index (χ0n) is 11.1. The van der Waals surface area contributed by atoms with Crippen LogP contribution >= 0.6 is 0 Å². The van der Waals surface area contributed by atoms with Crippen molar-refractivity contribution in [2.24, 2.45) is 5.92 Å². The average Bonchev–Trinajstić information content (AvgIpc) is 2.34. The van der Waals surface area contributed by atoms with Crippen molar-refractivity contribution >= 4 is 11.9 Å². The van der Waals surface area contributed by atoms with Gasteiger partial charge in [0.1, 0.15) is 12.4 Å². The smallest absolute Gasteiger partial charge is 0.323 e. The monoisotopic (exact) mass is 267 g/mol. The number of aryl methyl sites for hydroxylation is 1. The molecule has 0 aliphatic carbocycles. The van der Waals surface area contributed by atoms with E-state index in [0.717, 1.165) is 5.56 Å². The fraction of sp³-hybridized carbons (Fsp3) is 0.429. The number of likely N-dealkylation sites (N-methyl/N-ethyl adjacent to an activating group) is 1. The summed E-state index contributed by atoms with van der Waals surface area (Å²) in [6.07, 6.45) is 1.15. The van der Waals surface area contributed by atoms with Crippen LogP contribution in [0.5, 0.6) is 0 Å². The predicted octanol–water partition coefficient (Wildman–Crippen LogP) is 1.94. The molecule has 1 aromatic rings. The van der Waals surface area contributed by atoms with Crippen LogP contribution in [0, 0.1) is 11.7 Å². The summed E-state index contributed by atoms with van der Waals surface area (Å²) in [4.78, 5) is 23.6. The normalized spacial score (nSPS) is 11.9. The maximum atomic E-state index is 13.0. The first-order chi connectivity index (χ1) is 8.90. The lowest BCUT2D eigenvalue weighted by Crippen LogP contribution is -2.35. The third-order valence-electron chi connectivity index (χ3n) is 2.93. The van der Waals surface area contributed by atoms with Gasteiger partial charge in [-0.2, -0.15) is 0 Å². The van der Waals surface area contributed by atoms with E-state index in [1.165, 1.54) is 24.1 Å². The topological polar surface area (TPSA) is 57.6 Å². The van der Waals surface area contributed by atoms with Gasteiger partial charge in [0.2, 0.25) is 5.91 Å². The second-order valence-electron chi connectivity index (χ2n) is 4.66. The molecule has 0 bridgehead atoms. The zero-order valence-corrected chi connectivity index (χ0v) is 11.1. The Morgan fingerprint density at radius 2 is 2.11 bits per heavy atom. The fourth-order valence-electron chi connectivity index (χ4n) is 1.86. The highest BCUT2D eigenvalue weighted by atomic mass is 19.1. The average molecular weight is 267 g/mol. The molecule has 5 heteroatoms. The summed E-state index contributed by atoms with van der Waals surface area (Å²) in [6, 6.07) is 6.26. The van der Waals surface area contributed by atoms with E-state index in [1.54, 1.807) is 19.1 Å². The molecule has 0 saturated carbocycles. The molecule has 1 N–H and O–H groups in total. The molecule has 0 spiro atoms. The van der Waals surface area contributed by atoms with Gasteiger partial charge in [0, 0.05) is 13.0 Å². The van der Waals surface area contributed by atoms with Crippen molar-refractivity contribution in [1.82, 2.24) is 4.90 Å². The molecule has 1 aromatic carbocycles. The summed E-state index contributed by atoms with van der Waals surface area (Å²) < 4.78 is 13.0. The minimum absolute atomic E-state index is 0.209. The number of nitrogens with zero attached hydrogens (tertiary/aromatic N) is 1. The van der Waals surface area contributed by atoms with E-state index in [1.807, 2.05) is 0 Å². The van der Waals surface area contributed by atoms with Crippen molar-refractivity contribution in [3.63, 3.8) is 0 Å². The molecule has 0 aliphatic rings. The van der Waals surface area contributed by atoms with Crippen molar-refractivity contribution in [3.05, 3.63) is 35.6 Å². The number of halogens is 1. The van der Waals surface area contributed by atoms with Gasteiger partial charge in [-0.15, -0.1) is 0 Å². The van der Waals surface area contributed by atoms with Crippen molar-refractivity contribution in [3.8, 4) is 0 Å². The Morgan fingerprint density at radius 1 is 1.42 bits per heavy atom. The standard InChI is InChI=1S/C14H18FNO3/c1-10(14(19)16(2)9-13(17)18)6-7-11-4-3-5-12(15)8-11/h3-5,8,10H,6-7,9H2,1-2H3,(H,17,18). The Bertz CT molecular complexity index is 462. The summed E-state index contributed by atoms with van der Waals surface area (Å²) >= 11 is 0. The molecule has 1 amide bonds. The van der Waals surface area contributed by atoms with Gasteiger partial charge in [-0.25, -0.2) is 4.39 Å². The van der Waals surface area contributed by atoms with E-state index in [4.69, 9.17) is 5.11 Å². The number of amides is 1. The minimum Gasteiger partial charge on any atom is -0.480 e. The van der Waals surface area contributed by atoms with Gasteiger partial charge in [-0.05, 0) is 30.5 Å². The molecule has 19 heavy (non-hydrogen) atoms. The Morgan fingerprint density at radius 3 is 2.68 bits per heavy atom. The lowest BCUT2D eigenvalue weighted by Gasteiger charge is -2.19. The van der Waals surface area contributed by atoms with Crippen molar-refractivity contribution in [2.75, 3.05) is 13.6 Å². The number of carboxylic acids is 1. The van der Waals surface area contributed by atoms with Gasteiger partial charge in [-0.3, -0.25) is 9.59 Å². The van der Waals surface area contributed by atoms with Crippen LogP contribution in [0.2, 0.25) is 0 Å². The van der Waals surface area contributed by atoms with Gasteiger partial charge < -0.3 is 10.0 Å². The molecule has 0 saturated heterocycles. The van der Waals surface area contributed by atoms with E-state index in [-0.39, 0.29) is 24.2 Å². The van der Waals surface area contributed by atoms with Crippen LogP contribution in [-0.2, 0) is 16.0 Å². The summed E-state index contributed by atoms with van der Waals surface area (Å²) in [6.45, 7) is 1.45. The van der Waals surface area contributed by atoms with E-state index in [2.05, 4.69) is 0 Å². The van der Waals surface area contributed by atoms with Crippen LogP contribution in [0.1, 0.15) is 18.9 Å². The van der Waals surface area contributed by atoms with E-state index < -0.39 is 5.97 Å². The lowest BCUT2D eigenvalue weighted by atomic mass is 10.00. The van der Waals surface area contributed by atoms with E-state index >= 15 is 0 Å². The first-order valence-electron chi connectivity index (χ1n) is 6.11. The van der Waals surface area contributed by atoms with Gasteiger partial charge in [0.05, 0.1) is 0 Å². The van der Waals surface area contributed by atoms with Crippen LogP contribution in [-0.4, -0.2) is 35.5 Å². The highest BCUT2D eigenvalue weighted by Crippen LogP contribution is 2.13. The quantitative estimate of drug-likeness (QED) is 0.857. The number of rotatable bonds is 6. The zero-order chi connectivity index (χ0) is 14.4. The molecular formula is C14H18FNO3. The number of hydrogen-bond donors (Lipinski definition) is 1. The maximum absolute atomic E-state index is 13.0. The van der Waals surface area contributed by atoms with Crippen LogP contribution in [0.4, 0.5) is 4.39 Å². The molecule has 104 valence electrons. The number of carboxylic acid groups (broad SMARTS) is 1. The highest BCUT2D eigenvalue weighted by molar-refractivity contribution is 5.82. The second-order valence-corrected chi connectivity index (χ2v) is 4.66. The molecule has 1 unspecified atom stereocenters. The third-order valence-corrected chi connectivity index (χ3v) is 2.93. The first-order valence-corrected chi connectivity index (χ1v) is 6.11. The molecule has 1 atom stereocenters. The van der Waals surface area contributed by atoms with E-state index in [9.17, 15) is 14.0 Å². The molecule has 0 heterocycles. The number of aliphatic carboxylic acids is 1. The molecule has 4 nitrogen and oxygen atoms in total. The third kappa shape index (κ3) is 5.07. The second kappa shape index (κ2) is 6.87. The molecule has 1 rings (SSSR count). The predicted molar refractivity (Wildman–Crippen MR) is 69.2 cm³/mol. The SMILES string of the molecule is CC(CCc1cccc(F)c1)C(=O)N(C)CC(=O)O. The summed E-state index contributed by atoms with van der Waals surface area (Å²) in [5.74, 6) is -1.82. The summed E-state index contributed by atoms with van der Waals surface area (Å²) in [7, 11) is 1.47.